The van der Waals surface area contributed by atoms with E-state index in [0.29, 0.717) is 32.0 Å². The van der Waals surface area contributed by atoms with Gasteiger partial charge in [-0.3, -0.25) is 0 Å². The fourth-order valence-electron chi connectivity index (χ4n) is 3.60. The van der Waals surface area contributed by atoms with Crippen molar-refractivity contribution in [3.05, 3.63) is 67.6 Å². The Balaban J connectivity index is 0.000000826. The first-order valence-electron chi connectivity index (χ1n) is 12.5. The van der Waals surface area contributed by atoms with Crippen LogP contribution in [-0.4, -0.2) is 47.7 Å². The first-order chi connectivity index (χ1) is 17.4. The van der Waals surface area contributed by atoms with Gasteiger partial charge in [0.25, 0.3) is 0 Å². The molecule has 0 saturated carbocycles. The summed E-state index contributed by atoms with van der Waals surface area (Å²) < 4.78 is 31.3. The maximum atomic E-state index is 11.7. The normalized spacial score (nSPS) is 11.1. The molecule has 2 N–H and O–H groups in total. The van der Waals surface area contributed by atoms with Crippen LogP contribution in [0.3, 0.4) is 0 Å². The van der Waals surface area contributed by atoms with Gasteiger partial charge in [-0.2, -0.15) is 0 Å². The smallest absolute Gasteiger partial charge is 0.153 e. The van der Waals surface area contributed by atoms with Crippen LogP contribution in [0, 0.1) is 0 Å². The van der Waals surface area contributed by atoms with E-state index < -0.39 is 9.84 Å². The highest BCUT2D eigenvalue weighted by molar-refractivity contribution is 7.91. The van der Waals surface area contributed by atoms with E-state index in [-0.39, 0.29) is 11.5 Å². The zero-order chi connectivity index (χ0) is 27.0. The van der Waals surface area contributed by atoms with Crippen LogP contribution in [0.2, 0.25) is 0 Å². The first kappa shape index (κ1) is 31.1. The van der Waals surface area contributed by atoms with Gasteiger partial charge in [0.1, 0.15) is 11.3 Å². The van der Waals surface area contributed by atoms with Gasteiger partial charge < -0.3 is 15.0 Å². The number of imidazole rings is 1. The molecule has 0 saturated heterocycles. The number of hydrogen-bond acceptors (Lipinski definition) is 6. The quantitative estimate of drug-likeness (QED) is 0.183. The molecular formula is C28H42N4O3S. The van der Waals surface area contributed by atoms with Crippen molar-refractivity contribution < 1.29 is 13.2 Å². The Kier molecular flexibility index (Phi) is 14.4. The van der Waals surface area contributed by atoms with Gasteiger partial charge in [-0.25, -0.2) is 18.4 Å². The standard InChI is InChI=1S/C21H28N4O3S.C5H8.C2H6/c1-3-8-18-24-19-20(16-9-5-6-10-17(16)23-21(19)22)25(18)11-13-28-12-7-15-29(26,27)14-4-2;1-3-5-4-2;1-2/h4-6,9-10H,2-3,7-8,11-15H2,1H3,(H2,22,23);3-5H,1H2,2H3;1-2H3/b;5-4-;. The van der Waals surface area contributed by atoms with Crippen LogP contribution in [0.25, 0.3) is 21.9 Å². The van der Waals surface area contributed by atoms with E-state index in [1.165, 1.54) is 6.08 Å². The summed E-state index contributed by atoms with van der Waals surface area (Å²) in [6.07, 6.45) is 9.27. The average Bonchev–Trinajstić information content (AvgIpc) is 3.23. The average molecular weight is 515 g/mol. The molecule has 198 valence electrons. The van der Waals surface area contributed by atoms with E-state index in [1.807, 2.05) is 57.2 Å². The number of para-hydroxylation sites is 1. The summed E-state index contributed by atoms with van der Waals surface area (Å²) in [5, 5.41) is 1.02. The van der Waals surface area contributed by atoms with Crippen molar-refractivity contribution in [1.82, 2.24) is 14.5 Å². The second-order valence-corrected chi connectivity index (χ2v) is 10.0. The summed E-state index contributed by atoms with van der Waals surface area (Å²) in [5.41, 5.74) is 8.73. The van der Waals surface area contributed by atoms with Gasteiger partial charge in [0.05, 0.1) is 29.1 Å². The zero-order valence-electron chi connectivity index (χ0n) is 22.2. The number of allylic oxidation sites excluding steroid dienone is 3. The third kappa shape index (κ3) is 9.24. The molecule has 7 nitrogen and oxygen atoms in total. The van der Waals surface area contributed by atoms with Gasteiger partial charge in [0.15, 0.2) is 15.7 Å². The van der Waals surface area contributed by atoms with Crippen LogP contribution >= 0.6 is 0 Å². The van der Waals surface area contributed by atoms with Crippen molar-refractivity contribution in [2.45, 2.75) is 53.5 Å². The minimum absolute atomic E-state index is 0.0108. The molecule has 3 rings (SSSR count). The number of aryl methyl sites for hydroxylation is 1. The number of ether oxygens (including phenoxy) is 1. The lowest BCUT2D eigenvalue weighted by Crippen LogP contribution is -2.14. The Labute approximate surface area is 216 Å². The fourth-order valence-corrected chi connectivity index (χ4v) is 4.68. The van der Waals surface area contributed by atoms with Gasteiger partial charge in [0, 0.05) is 25.0 Å². The summed E-state index contributed by atoms with van der Waals surface area (Å²) in [5.74, 6) is 1.52. The third-order valence-electron chi connectivity index (χ3n) is 5.07. The van der Waals surface area contributed by atoms with Crippen molar-refractivity contribution in [3.8, 4) is 0 Å². The topological polar surface area (TPSA) is 100 Å². The molecule has 0 aliphatic heterocycles. The molecule has 0 fully saturated rings. The predicted octanol–water partition coefficient (Wildman–Crippen LogP) is 5.90. The number of nitrogens with two attached hydrogens (primary N) is 1. The van der Waals surface area contributed by atoms with E-state index >= 15 is 0 Å². The molecule has 2 heterocycles. The number of nitrogens with zero attached hydrogens (tertiary/aromatic N) is 3. The van der Waals surface area contributed by atoms with Gasteiger partial charge in [-0.05, 0) is 25.8 Å². The summed E-state index contributed by atoms with van der Waals surface area (Å²) in [6.45, 7) is 16.5. The number of aromatic nitrogens is 3. The van der Waals surface area contributed by atoms with Crippen LogP contribution in [0.4, 0.5) is 5.82 Å². The highest BCUT2D eigenvalue weighted by atomic mass is 32.2. The van der Waals surface area contributed by atoms with Gasteiger partial charge in [0.2, 0.25) is 0 Å². The minimum Gasteiger partial charge on any atom is -0.382 e. The first-order valence-corrected chi connectivity index (χ1v) is 14.4. The molecular weight excluding hydrogens is 472 g/mol. The van der Waals surface area contributed by atoms with Crippen LogP contribution in [0.1, 0.15) is 46.4 Å². The monoisotopic (exact) mass is 514 g/mol. The SMILES string of the molecule is C=C/C=C\C.C=CCS(=O)(=O)CCCOCCn1c(CCC)nc2c(N)nc3ccccc3c21.CC. The van der Waals surface area contributed by atoms with Crippen LogP contribution in [0.15, 0.2) is 61.7 Å². The zero-order valence-corrected chi connectivity index (χ0v) is 23.1. The molecule has 0 amide bonds. The van der Waals surface area contributed by atoms with Gasteiger partial charge in [-0.1, -0.05) is 69.9 Å². The molecule has 8 heteroatoms. The molecule has 36 heavy (non-hydrogen) atoms. The van der Waals surface area contributed by atoms with E-state index in [2.05, 4.69) is 29.6 Å². The minimum atomic E-state index is -3.07. The summed E-state index contributed by atoms with van der Waals surface area (Å²) in [6, 6.07) is 7.90. The number of nitrogen functional groups attached to an aromatic ring is 1. The molecule has 0 spiro atoms. The Hall–Kier alpha value is -2.97. The molecule has 0 atom stereocenters. The number of sulfone groups is 1. The molecule has 0 radical (unpaired) electrons. The maximum Gasteiger partial charge on any atom is 0.153 e. The van der Waals surface area contributed by atoms with Gasteiger partial charge >= 0.3 is 0 Å². The van der Waals surface area contributed by atoms with Gasteiger partial charge in [-0.15, -0.1) is 6.58 Å². The van der Waals surface area contributed by atoms with Crippen LogP contribution < -0.4 is 5.73 Å². The molecule has 1 aromatic carbocycles. The summed E-state index contributed by atoms with van der Waals surface area (Å²) in [4.78, 5) is 9.24. The number of pyridine rings is 1. The van der Waals surface area contributed by atoms with Crippen molar-refractivity contribution in [1.29, 1.82) is 0 Å². The van der Waals surface area contributed by atoms with Crippen LogP contribution in [-0.2, 0) is 27.5 Å². The van der Waals surface area contributed by atoms with Crippen molar-refractivity contribution in [3.63, 3.8) is 0 Å². The number of anilines is 1. The largest absolute Gasteiger partial charge is 0.382 e. The molecule has 0 unspecified atom stereocenters. The Morgan fingerprint density at radius 1 is 1.14 bits per heavy atom. The highest BCUT2D eigenvalue weighted by Gasteiger charge is 2.16. The third-order valence-corrected chi connectivity index (χ3v) is 6.72. The van der Waals surface area contributed by atoms with Crippen molar-refractivity contribution >= 4 is 37.6 Å². The lowest BCUT2D eigenvalue weighted by molar-refractivity contribution is 0.127. The highest BCUT2D eigenvalue weighted by Crippen LogP contribution is 2.29. The molecule has 2 aromatic heterocycles. The predicted molar refractivity (Wildman–Crippen MR) is 154 cm³/mol. The number of rotatable bonds is 12. The number of benzene rings is 1. The van der Waals surface area contributed by atoms with Crippen molar-refractivity contribution in [2.75, 3.05) is 30.5 Å². The van der Waals surface area contributed by atoms with E-state index in [9.17, 15) is 8.42 Å². The Morgan fingerprint density at radius 3 is 2.47 bits per heavy atom. The Bertz CT molecular complexity index is 1230. The molecule has 0 aliphatic carbocycles. The second-order valence-electron chi connectivity index (χ2n) is 7.77. The lowest BCUT2D eigenvalue weighted by atomic mass is 10.2. The van der Waals surface area contributed by atoms with E-state index in [4.69, 9.17) is 15.5 Å². The number of fused-ring (bicyclic) bond motifs is 3. The summed E-state index contributed by atoms with van der Waals surface area (Å²) >= 11 is 0. The van der Waals surface area contributed by atoms with Crippen LogP contribution in [0.5, 0.6) is 0 Å². The second kappa shape index (κ2) is 16.7. The Morgan fingerprint density at radius 2 is 1.86 bits per heavy atom. The number of hydrogen-bond donors (Lipinski definition) is 1. The van der Waals surface area contributed by atoms with Crippen molar-refractivity contribution in [2.24, 2.45) is 0 Å². The maximum absolute atomic E-state index is 11.7. The van der Waals surface area contributed by atoms with E-state index in [1.54, 1.807) is 6.08 Å². The lowest BCUT2D eigenvalue weighted by Gasteiger charge is -2.11. The summed E-state index contributed by atoms with van der Waals surface area (Å²) in [7, 11) is -3.07. The molecule has 3 aromatic rings. The van der Waals surface area contributed by atoms with E-state index in [0.717, 1.165) is 40.6 Å². The molecule has 0 aliphatic rings. The fraction of sp³-hybridized carbons (Fsp3) is 0.429. The molecule has 0 bridgehead atoms.